The predicted octanol–water partition coefficient (Wildman–Crippen LogP) is 4.29. The average molecular weight is 461 g/mol. The van der Waals surface area contributed by atoms with Crippen molar-refractivity contribution >= 4 is 11.5 Å². The van der Waals surface area contributed by atoms with Crippen molar-refractivity contribution in [2.75, 3.05) is 30.4 Å². The van der Waals surface area contributed by atoms with Crippen LogP contribution in [0.5, 0.6) is 11.8 Å². The number of rotatable bonds is 4. The zero-order chi connectivity index (χ0) is 23.4. The lowest BCUT2D eigenvalue weighted by molar-refractivity contribution is 0.271. The Bertz CT molecular complexity index is 1250. The molecule has 2 fully saturated rings. The largest absolute Gasteiger partial charge is 0.423 e. The molecular formula is C26H29FN6O. The Balaban J connectivity index is 1.44. The number of nitrogens with one attached hydrogen (secondary N) is 1. The summed E-state index contributed by atoms with van der Waals surface area (Å²) >= 11 is 0. The van der Waals surface area contributed by atoms with Crippen molar-refractivity contribution in [1.82, 2.24) is 15.0 Å². The summed E-state index contributed by atoms with van der Waals surface area (Å²) < 4.78 is 20.6. The van der Waals surface area contributed by atoms with E-state index in [9.17, 15) is 4.39 Å². The smallest absolute Gasteiger partial charge is 0.324 e. The zero-order valence-electron chi connectivity index (χ0n) is 19.5. The first kappa shape index (κ1) is 21.3. The van der Waals surface area contributed by atoms with E-state index in [4.69, 9.17) is 20.4 Å². The van der Waals surface area contributed by atoms with Crippen LogP contribution in [-0.4, -0.2) is 41.1 Å². The molecule has 1 aliphatic heterocycles. The number of anilines is 2. The summed E-state index contributed by atoms with van der Waals surface area (Å²) in [6.07, 6.45) is 5.54. The first-order valence-electron chi connectivity index (χ1n) is 12.0. The fourth-order valence-corrected chi connectivity index (χ4v) is 5.85. The number of halogens is 1. The predicted molar refractivity (Wildman–Crippen MR) is 130 cm³/mol. The van der Waals surface area contributed by atoms with Gasteiger partial charge in [0.25, 0.3) is 0 Å². The minimum atomic E-state index is -0.269. The van der Waals surface area contributed by atoms with Gasteiger partial charge in [0.2, 0.25) is 0 Å². The molecule has 0 spiro atoms. The van der Waals surface area contributed by atoms with Crippen molar-refractivity contribution in [3.8, 4) is 22.9 Å². The molecule has 3 atom stereocenters. The van der Waals surface area contributed by atoms with Gasteiger partial charge < -0.3 is 20.7 Å². The Kier molecular flexibility index (Phi) is 5.13. The van der Waals surface area contributed by atoms with E-state index in [0.29, 0.717) is 30.0 Å². The van der Waals surface area contributed by atoms with Gasteiger partial charge in [-0.05, 0) is 73.4 Å². The first-order chi connectivity index (χ1) is 16.5. The van der Waals surface area contributed by atoms with E-state index in [1.54, 1.807) is 18.3 Å². The van der Waals surface area contributed by atoms with E-state index in [2.05, 4.69) is 15.2 Å². The zero-order valence-corrected chi connectivity index (χ0v) is 19.5. The van der Waals surface area contributed by atoms with Crippen LogP contribution in [0, 0.1) is 24.6 Å². The summed E-state index contributed by atoms with van der Waals surface area (Å²) in [6, 6.07) is 7.49. The SMILES string of the molecule is CNc1cc(F)cc2c1Cc1nc(Oc3ccc(C)nc3)nc(N3C[C@H]4C[C@H](N)CC[C@H]4C3)c1-2. The van der Waals surface area contributed by atoms with Crippen LogP contribution in [0.25, 0.3) is 11.1 Å². The average Bonchev–Trinajstić information content (AvgIpc) is 3.40. The van der Waals surface area contributed by atoms with Gasteiger partial charge in [0.1, 0.15) is 17.4 Å². The van der Waals surface area contributed by atoms with Gasteiger partial charge in [-0.25, -0.2) is 4.39 Å². The maximum Gasteiger partial charge on any atom is 0.324 e. The lowest BCUT2D eigenvalue weighted by Gasteiger charge is -2.27. The number of ether oxygens (including phenoxy) is 1. The molecule has 3 aliphatic rings. The van der Waals surface area contributed by atoms with Gasteiger partial charge in [-0.2, -0.15) is 9.97 Å². The van der Waals surface area contributed by atoms with Crippen molar-refractivity contribution in [1.29, 1.82) is 0 Å². The second kappa shape index (κ2) is 8.20. The van der Waals surface area contributed by atoms with Gasteiger partial charge in [-0.3, -0.25) is 4.98 Å². The molecule has 34 heavy (non-hydrogen) atoms. The van der Waals surface area contributed by atoms with Crippen LogP contribution in [0.2, 0.25) is 0 Å². The molecule has 176 valence electrons. The molecule has 1 saturated heterocycles. The van der Waals surface area contributed by atoms with E-state index in [1.807, 2.05) is 26.1 Å². The Morgan fingerprint density at radius 2 is 2.00 bits per heavy atom. The number of benzene rings is 1. The minimum absolute atomic E-state index is 0.269. The third-order valence-electron chi connectivity index (χ3n) is 7.53. The van der Waals surface area contributed by atoms with Crippen molar-refractivity contribution in [2.45, 2.75) is 38.6 Å². The normalized spacial score (nSPS) is 22.8. The van der Waals surface area contributed by atoms with Crippen LogP contribution in [0.15, 0.2) is 30.5 Å². The first-order valence-corrected chi connectivity index (χ1v) is 12.0. The summed E-state index contributed by atoms with van der Waals surface area (Å²) in [4.78, 5) is 16.3. The fraction of sp³-hybridized carbons (Fsp3) is 0.423. The number of hydrogen-bond donors (Lipinski definition) is 2. The molecule has 1 saturated carbocycles. The molecule has 7 nitrogen and oxygen atoms in total. The molecule has 3 aromatic rings. The van der Waals surface area contributed by atoms with Crippen molar-refractivity contribution in [2.24, 2.45) is 17.6 Å². The minimum Gasteiger partial charge on any atom is -0.423 e. The van der Waals surface area contributed by atoms with E-state index in [1.165, 1.54) is 0 Å². The number of nitrogens with two attached hydrogens (primary N) is 1. The van der Waals surface area contributed by atoms with Gasteiger partial charge in [0.05, 0.1) is 11.9 Å². The monoisotopic (exact) mass is 460 g/mol. The molecule has 0 unspecified atom stereocenters. The third kappa shape index (κ3) is 3.66. The van der Waals surface area contributed by atoms with Crippen LogP contribution in [0.1, 0.15) is 36.2 Å². The fourth-order valence-electron chi connectivity index (χ4n) is 5.85. The topological polar surface area (TPSA) is 89.2 Å². The van der Waals surface area contributed by atoms with Gasteiger partial charge in [-0.15, -0.1) is 0 Å². The van der Waals surface area contributed by atoms with Gasteiger partial charge in [0, 0.05) is 49.5 Å². The second-order valence-corrected chi connectivity index (χ2v) is 9.79. The molecule has 1 aromatic carbocycles. The van der Waals surface area contributed by atoms with Crippen molar-refractivity contribution in [3.05, 3.63) is 53.2 Å². The third-order valence-corrected chi connectivity index (χ3v) is 7.53. The maximum absolute atomic E-state index is 14.6. The summed E-state index contributed by atoms with van der Waals surface area (Å²) in [5.74, 6) is 2.32. The number of pyridine rings is 1. The molecule has 2 aliphatic carbocycles. The maximum atomic E-state index is 14.6. The van der Waals surface area contributed by atoms with E-state index in [-0.39, 0.29) is 11.9 Å². The Labute approximate surface area is 198 Å². The molecule has 0 amide bonds. The van der Waals surface area contributed by atoms with Gasteiger partial charge >= 0.3 is 6.01 Å². The number of fused-ring (bicyclic) bond motifs is 4. The summed E-state index contributed by atoms with van der Waals surface area (Å²) in [5, 5.41) is 3.14. The Morgan fingerprint density at radius 1 is 1.15 bits per heavy atom. The lowest BCUT2D eigenvalue weighted by atomic mass is 9.79. The molecule has 0 bridgehead atoms. The molecule has 3 heterocycles. The summed E-state index contributed by atoms with van der Waals surface area (Å²) in [7, 11) is 1.82. The van der Waals surface area contributed by atoms with Crippen LogP contribution in [0.3, 0.4) is 0 Å². The molecular weight excluding hydrogens is 431 g/mol. The number of nitrogens with zero attached hydrogens (tertiary/aromatic N) is 4. The van der Waals surface area contributed by atoms with Crippen LogP contribution >= 0.6 is 0 Å². The highest BCUT2D eigenvalue weighted by atomic mass is 19.1. The van der Waals surface area contributed by atoms with E-state index >= 15 is 0 Å². The van der Waals surface area contributed by atoms with Crippen LogP contribution in [0.4, 0.5) is 15.9 Å². The van der Waals surface area contributed by atoms with Crippen molar-refractivity contribution in [3.63, 3.8) is 0 Å². The highest BCUT2D eigenvalue weighted by molar-refractivity contribution is 5.88. The highest BCUT2D eigenvalue weighted by Crippen LogP contribution is 2.47. The number of hydrogen-bond acceptors (Lipinski definition) is 7. The van der Waals surface area contributed by atoms with Crippen molar-refractivity contribution < 1.29 is 9.13 Å². The molecule has 8 heteroatoms. The summed E-state index contributed by atoms with van der Waals surface area (Å²) in [5.41, 5.74) is 11.7. The summed E-state index contributed by atoms with van der Waals surface area (Å²) in [6.45, 7) is 3.76. The second-order valence-electron chi connectivity index (χ2n) is 9.79. The number of aryl methyl sites for hydroxylation is 1. The Morgan fingerprint density at radius 3 is 2.79 bits per heavy atom. The molecule has 0 radical (unpaired) electrons. The Hall–Kier alpha value is -3.26. The van der Waals surface area contributed by atoms with Crippen LogP contribution < -0.4 is 20.7 Å². The number of aromatic nitrogens is 3. The van der Waals surface area contributed by atoms with Gasteiger partial charge in [0.15, 0.2) is 0 Å². The van der Waals surface area contributed by atoms with E-state index < -0.39 is 0 Å². The molecule has 6 rings (SSSR count). The highest BCUT2D eigenvalue weighted by Gasteiger charge is 2.40. The quantitative estimate of drug-likeness (QED) is 0.470. The molecule has 2 aromatic heterocycles. The molecule has 3 N–H and O–H groups in total. The standard InChI is InChI=1S/C26H29FN6O/c1-14-3-6-19(11-30-14)34-26-31-23-10-20-21(8-17(27)9-22(20)29-2)24(23)25(32-26)33-12-15-4-5-18(28)7-16(15)13-33/h3,6,8-9,11,15-16,18,29H,4-5,7,10,12-13,28H2,1-2H3/t15-,16+,18+/m0/s1. The van der Waals surface area contributed by atoms with E-state index in [0.717, 1.165) is 71.9 Å². The lowest BCUT2D eigenvalue weighted by Crippen LogP contribution is -2.32. The van der Waals surface area contributed by atoms with Gasteiger partial charge in [-0.1, -0.05) is 0 Å². The van der Waals surface area contributed by atoms with Crippen LogP contribution in [-0.2, 0) is 6.42 Å².